The SMILES string of the molecule is Cc1cc(N2CC(Cn3ccnc3)C2)n2ncnc2n1. The van der Waals surface area contributed by atoms with Crippen LogP contribution in [-0.4, -0.2) is 42.2 Å². The van der Waals surface area contributed by atoms with E-state index in [0.29, 0.717) is 11.7 Å². The van der Waals surface area contributed by atoms with Gasteiger partial charge in [-0.2, -0.15) is 14.6 Å². The Morgan fingerprint density at radius 3 is 3.05 bits per heavy atom. The van der Waals surface area contributed by atoms with Crippen LogP contribution in [0.2, 0.25) is 0 Å². The second-order valence-corrected chi connectivity index (χ2v) is 5.26. The molecule has 7 heteroatoms. The molecule has 102 valence electrons. The van der Waals surface area contributed by atoms with Crippen LogP contribution in [0, 0.1) is 12.8 Å². The average Bonchev–Trinajstić information content (AvgIpc) is 3.02. The Morgan fingerprint density at radius 2 is 2.25 bits per heavy atom. The topological polar surface area (TPSA) is 64.1 Å². The van der Waals surface area contributed by atoms with Crippen molar-refractivity contribution in [3.63, 3.8) is 0 Å². The first kappa shape index (κ1) is 11.4. The molecule has 4 rings (SSSR count). The fourth-order valence-electron chi connectivity index (χ4n) is 2.70. The molecule has 0 spiro atoms. The second kappa shape index (κ2) is 4.29. The van der Waals surface area contributed by atoms with Crippen molar-refractivity contribution in [3.05, 3.63) is 36.8 Å². The predicted octanol–water partition coefficient (Wildman–Crippen LogP) is 0.766. The molecular weight excluding hydrogens is 254 g/mol. The van der Waals surface area contributed by atoms with Gasteiger partial charge in [-0.05, 0) is 6.92 Å². The number of aryl methyl sites for hydroxylation is 1. The first-order chi connectivity index (χ1) is 9.79. The fraction of sp³-hybridized carbons (Fsp3) is 0.385. The van der Waals surface area contributed by atoms with Crippen molar-refractivity contribution in [2.45, 2.75) is 13.5 Å². The van der Waals surface area contributed by atoms with Gasteiger partial charge in [-0.3, -0.25) is 0 Å². The molecule has 3 aromatic rings. The number of rotatable bonds is 3. The molecule has 0 saturated carbocycles. The summed E-state index contributed by atoms with van der Waals surface area (Å²) in [6.07, 6.45) is 7.25. The Bertz CT molecular complexity index is 724. The number of imidazole rings is 1. The molecule has 0 aliphatic carbocycles. The summed E-state index contributed by atoms with van der Waals surface area (Å²) in [6.45, 7) is 5.05. The van der Waals surface area contributed by atoms with E-state index in [1.54, 1.807) is 10.8 Å². The lowest BCUT2D eigenvalue weighted by molar-refractivity contribution is 0.353. The summed E-state index contributed by atoms with van der Waals surface area (Å²) in [7, 11) is 0. The van der Waals surface area contributed by atoms with E-state index >= 15 is 0 Å². The number of fused-ring (bicyclic) bond motifs is 1. The number of hydrogen-bond acceptors (Lipinski definition) is 5. The molecule has 0 unspecified atom stereocenters. The van der Waals surface area contributed by atoms with E-state index in [0.717, 1.165) is 31.1 Å². The van der Waals surface area contributed by atoms with Crippen molar-refractivity contribution in [2.75, 3.05) is 18.0 Å². The first-order valence-electron chi connectivity index (χ1n) is 6.67. The normalized spacial score (nSPS) is 15.8. The van der Waals surface area contributed by atoms with Crippen LogP contribution < -0.4 is 4.90 Å². The molecule has 0 N–H and O–H groups in total. The molecule has 0 amide bonds. The summed E-state index contributed by atoms with van der Waals surface area (Å²) < 4.78 is 3.94. The molecule has 0 radical (unpaired) electrons. The van der Waals surface area contributed by atoms with Crippen molar-refractivity contribution < 1.29 is 0 Å². The van der Waals surface area contributed by atoms with E-state index < -0.39 is 0 Å². The smallest absolute Gasteiger partial charge is 0.254 e. The van der Waals surface area contributed by atoms with E-state index in [-0.39, 0.29) is 0 Å². The van der Waals surface area contributed by atoms with Gasteiger partial charge in [0, 0.05) is 49.7 Å². The fourth-order valence-corrected chi connectivity index (χ4v) is 2.70. The van der Waals surface area contributed by atoms with Crippen LogP contribution in [0.5, 0.6) is 0 Å². The third-order valence-electron chi connectivity index (χ3n) is 3.67. The van der Waals surface area contributed by atoms with Crippen LogP contribution >= 0.6 is 0 Å². The van der Waals surface area contributed by atoms with Gasteiger partial charge in [0.2, 0.25) is 0 Å². The van der Waals surface area contributed by atoms with Crippen molar-refractivity contribution in [1.29, 1.82) is 0 Å². The Hall–Kier alpha value is -2.44. The van der Waals surface area contributed by atoms with Crippen molar-refractivity contribution in [1.82, 2.24) is 29.1 Å². The van der Waals surface area contributed by atoms with Gasteiger partial charge in [0.25, 0.3) is 5.78 Å². The summed E-state index contributed by atoms with van der Waals surface area (Å²) >= 11 is 0. The number of hydrogen-bond donors (Lipinski definition) is 0. The molecule has 4 heterocycles. The lowest BCUT2D eigenvalue weighted by Crippen LogP contribution is -2.49. The summed E-state index contributed by atoms with van der Waals surface area (Å²) in [6, 6.07) is 2.06. The zero-order valence-electron chi connectivity index (χ0n) is 11.2. The van der Waals surface area contributed by atoms with E-state index in [2.05, 4.69) is 35.6 Å². The highest BCUT2D eigenvalue weighted by atomic mass is 15.4. The molecule has 0 atom stereocenters. The molecule has 0 aromatic carbocycles. The molecule has 0 bridgehead atoms. The van der Waals surface area contributed by atoms with Gasteiger partial charge < -0.3 is 9.47 Å². The zero-order valence-corrected chi connectivity index (χ0v) is 11.2. The van der Waals surface area contributed by atoms with Crippen LogP contribution in [0.25, 0.3) is 5.78 Å². The van der Waals surface area contributed by atoms with Gasteiger partial charge in [-0.25, -0.2) is 9.97 Å². The van der Waals surface area contributed by atoms with Gasteiger partial charge in [0.15, 0.2) is 0 Å². The van der Waals surface area contributed by atoms with E-state index in [1.165, 1.54) is 0 Å². The van der Waals surface area contributed by atoms with E-state index in [1.807, 2.05) is 25.6 Å². The third kappa shape index (κ3) is 1.82. The monoisotopic (exact) mass is 269 g/mol. The van der Waals surface area contributed by atoms with Gasteiger partial charge in [0.1, 0.15) is 12.1 Å². The minimum Gasteiger partial charge on any atom is -0.356 e. The highest BCUT2D eigenvalue weighted by Crippen LogP contribution is 2.25. The summed E-state index contributed by atoms with van der Waals surface area (Å²) in [5.74, 6) is 2.39. The van der Waals surface area contributed by atoms with Crippen LogP contribution in [0.4, 0.5) is 5.82 Å². The van der Waals surface area contributed by atoms with Crippen LogP contribution in [0.3, 0.4) is 0 Å². The summed E-state index contributed by atoms with van der Waals surface area (Å²) in [4.78, 5) is 14.9. The van der Waals surface area contributed by atoms with E-state index in [4.69, 9.17) is 0 Å². The Kier molecular flexibility index (Phi) is 2.45. The van der Waals surface area contributed by atoms with Crippen molar-refractivity contribution in [2.24, 2.45) is 5.92 Å². The maximum Gasteiger partial charge on any atom is 0.254 e. The number of aromatic nitrogens is 6. The van der Waals surface area contributed by atoms with Gasteiger partial charge >= 0.3 is 0 Å². The molecule has 3 aromatic heterocycles. The summed E-state index contributed by atoms with van der Waals surface area (Å²) in [5, 5.41) is 4.25. The Labute approximate surface area is 115 Å². The van der Waals surface area contributed by atoms with Gasteiger partial charge in [-0.15, -0.1) is 0 Å². The molecule has 1 aliphatic rings. The number of nitrogens with zero attached hydrogens (tertiary/aromatic N) is 7. The maximum atomic E-state index is 4.37. The van der Waals surface area contributed by atoms with E-state index in [9.17, 15) is 0 Å². The lowest BCUT2D eigenvalue weighted by atomic mass is 10.00. The maximum absolute atomic E-state index is 4.37. The highest BCUT2D eigenvalue weighted by Gasteiger charge is 2.29. The molecule has 1 saturated heterocycles. The molecule has 20 heavy (non-hydrogen) atoms. The molecule has 7 nitrogen and oxygen atoms in total. The highest BCUT2D eigenvalue weighted by molar-refractivity contribution is 5.49. The quantitative estimate of drug-likeness (QED) is 0.702. The Morgan fingerprint density at radius 1 is 1.35 bits per heavy atom. The zero-order chi connectivity index (χ0) is 13.5. The predicted molar refractivity (Wildman–Crippen MR) is 73.4 cm³/mol. The summed E-state index contributed by atoms with van der Waals surface area (Å²) in [5.41, 5.74) is 0.971. The van der Waals surface area contributed by atoms with Crippen molar-refractivity contribution in [3.8, 4) is 0 Å². The minimum absolute atomic E-state index is 0.649. The number of anilines is 1. The largest absolute Gasteiger partial charge is 0.356 e. The molecular formula is C13H15N7. The minimum atomic E-state index is 0.649. The first-order valence-corrected chi connectivity index (χ1v) is 6.67. The second-order valence-electron chi connectivity index (χ2n) is 5.26. The van der Waals surface area contributed by atoms with Gasteiger partial charge in [0.05, 0.1) is 6.33 Å². The Balaban J connectivity index is 1.53. The average molecular weight is 269 g/mol. The van der Waals surface area contributed by atoms with Crippen LogP contribution in [-0.2, 0) is 6.54 Å². The lowest BCUT2D eigenvalue weighted by Gasteiger charge is -2.40. The standard InChI is InChI=1S/C13H15N7/c1-10-4-12(20-13(17-10)15-8-16-20)19-6-11(7-19)5-18-3-2-14-9-18/h2-4,8-9,11H,5-7H2,1H3. The third-order valence-corrected chi connectivity index (χ3v) is 3.67. The molecule has 1 aliphatic heterocycles. The molecule has 1 fully saturated rings. The van der Waals surface area contributed by atoms with Gasteiger partial charge in [-0.1, -0.05) is 0 Å². The van der Waals surface area contributed by atoms with Crippen molar-refractivity contribution >= 4 is 11.6 Å². The van der Waals surface area contributed by atoms with Crippen LogP contribution in [0.15, 0.2) is 31.1 Å². The van der Waals surface area contributed by atoms with Crippen LogP contribution in [0.1, 0.15) is 5.69 Å².